The second kappa shape index (κ2) is 9.17. The highest BCUT2D eigenvalue weighted by Gasteiger charge is 2.08. The average Bonchev–Trinajstić information content (AvgIpc) is 2.61. The predicted molar refractivity (Wildman–Crippen MR) is 80.1 cm³/mol. The SMILES string of the molecule is COc1cncc(OC)c1.COc1cncc(OC)c1C=O. The van der Waals surface area contributed by atoms with Crippen LogP contribution in [-0.4, -0.2) is 44.7 Å². The zero-order valence-electron chi connectivity index (χ0n) is 12.9. The molecule has 7 heteroatoms. The minimum Gasteiger partial charge on any atom is -0.495 e. The standard InChI is InChI=1S/C8H9NO3.C7H9NO2/c1-11-7-3-9-4-8(12-2)6(7)5-10;1-9-6-3-7(10-2)5-8-4-6/h3-5H,1-2H3;3-5H,1-2H3. The number of carbonyl (C=O) groups excluding carboxylic acids is 1. The molecule has 0 unspecified atom stereocenters. The fraction of sp³-hybridized carbons (Fsp3) is 0.267. The van der Waals surface area contributed by atoms with Crippen LogP contribution < -0.4 is 18.9 Å². The third kappa shape index (κ3) is 4.62. The van der Waals surface area contributed by atoms with Crippen LogP contribution in [0.15, 0.2) is 30.9 Å². The highest BCUT2D eigenvalue weighted by atomic mass is 16.5. The first kappa shape index (κ1) is 17.2. The van der Waals surface area contributed by atoms with Crippen molar-refractivity contribution in [2.24, 2.45) is 0 Å². The predicted octanol–water partition coefficient (Wildman–Crippen LogP) is 2.01. The van der Waals surface area contributed by atoms with E-state index in [1.807, 2.05) is 0 Å². The molecule has 0 N–H and O–H groups in total. The molecule has 118 valence electrons. The van der Waals surface area contributed by atoms with Gasteiger partial charge in [-0.2, -0.15) is 0 Å². The van der Waals surface area contributed by atoms with Crippen LogP contribution in [0.2, 0.25) is 0 Å². The maximum absolute atomic E-state index is 10.6. The molecule has 22 heavy (non-hydrogen) atoms. The Balaban J connectivity index is 0.000000224. The van der Waals surface area contributed by atoms with E-state index in [1.165, 1.54) is 26.6 Å². The van der Waals surface area contributed by atoms with Gasteiger partial charge < -0.3 is 18.9 Å². The first-order valence-corrected chi connectivity index (χ1v) is 6.24. The third-order valence-corrected chi connectivity index (χ3v) is 2.63. The molecule has 0 saturated carbocycles. The van der Waals surface area contributed by atoms with Crippen LogP contribution in [0.5, 0.6) is 23.0 Å². The largest absolute Gasteiger partial charge is 0.495 e. The highest BCUT2D eigenvalue weighted by Crippen LogP contribution is 2.24. The van der Waals surface area contributed by atoms with Gasteiger partial charge in [-0.15, -0.1) is 0 Å². The Bertz CT molecular complexity index is 563. The number of pyridine rings is 2. The number of aromatic nitrogens is 2. The van der Waals surface area contributed by atoms with Gasteiger partial charge in [0.1, 0.15) is 17.1 Å². The van der Waals surface area contributed by atoms with Gasteiger partial charge in [0.15, 0.2) is 17.8 Å². The second-order valence-corrected chi connectivity index (χ2v) is 3.84. The molecule has 0 atom stereocenters. The normalized spacial score (nSPS) is 9.09. The minimum absolute atomic E-state index is 0.384. The Kier molecular flexibility index (Phi) is 7.18. The summed E-state index contributed by atoms with van der Waals surface area (Å²) in [6.07, 6.45) is 6.86. The van der Waals surface area contributed by atoms with Crippen molar-refractivity contribution >= 4 is 6.29 Å². The van der Waals surface area contributed by atoms with E-state index in [9.17, 15) is 4.79 Å². The Hall–Kier alpha value is -2.83. The van der Waals surface area contributed by atoms with Gasteiger partial charge in [0.25, 0.3) is 0 Å². The number of nitrogens with zero attached hydrogens (tertiary/aromatic N) is 2. The zero-order chi connectivity index (χ0) is 16.4. The molecule has 2 aromatic rings. The fourth-order valence-electron chi connectivity index (χ4n) is 1.50. The molecule has 2 aromatic heterocycles. The first-order chi connectivity index (χ1) is 10.7. The summed E-state index contributed by atoms with van der Waals surface area (Å²) in [7, 11) is 6.14. The van der Waals surface area contributed by atoms with Gasteiger partial charge in [0.05, 0.1) is 53.2 Å². The van der Waals surface area contributed by atoms with Crippen LogP contribution >= 0.6 is 0 Å². The Morgan fingerprint density at radius 1 is 0.773 bits per heavy atom. The molecule has 7 nitrogen and oxygen atoms in total. The monoisotopic (exact) mass is 306 g/mol. The molecular formula is C15H18N2O5. The summed E-state index contributed by atoms with van der Waals surface area (Å²) in [5.41, 5.74) is 0.384. The molecule has 0 aliphatic heterocycles. The lowest BCUT2D eigenvalue weighted by Crippen LogP contribution is -1.96. The molecular weight excluding hydrogens is 288 g/mol. The number of hydrogen-bond donors (Lipinski definition) is 0. The molecule has 0 aliphatic carbocycles. The molecule has 0 aromatic carbocycles. The smallest absolute Gasteiger partial charge is 0.157 e. The number of carbonyl (C=O) groups is 1. The lowest BCUT2D eigenvalue weighted by atomic mass is 10.2. The Morgan fingerprint density at radius 3 is 1.59 bits per heavy atom. The van der Waals surface area contributed by atoms with E-state index < -0.39 is 0 Å². The summed E-state index contributed by atoms with van der Waals surface area (Å²) >= 11 is 0. The number of aldehydes is 1. The lowest BCUT2D eigenvalue weighted by Gasteiger charge is -2.06. The maximum atomic E-state index is 10.6. The van der Waals surface area contributed by atoms with Crippen molar-refractivity contribution in [3.63, 3.8) is 0 Å². The van der Waals surface area contributed by atoms with E-state index in [0.29, 0.717) is 34.8 Å². The fourth-order valence-corrected chi connectivity index (χ4v) is 1.50. The number of rotatable bonds is 5. The van der Waals surface area contributed by atoms with Crippen molar-refractivity contribution in [3.05, 3.63) is 36.4 Å². The van der Waals surface area contributed by atoms with E-state index in [-0.39, 0.29) is 0 Å². The zero-order valence-corrected chi connectivity index (χ0v) is 12.9. The van der Waals surface area contributed by atoms with Crippen molar-refractivity contribution in [2.45, 2.75) is 0 Å². The van der Waals surface area contributed by atoms with E-state index in [0.717, 1.165) is 0 Å². The number of methoxy groups -OCH3 is 4. The Morgan fingerprint density at radius 2 is 1.23 bits per heavy atom. The van der Waals surface area contributed by atoms with Crippen LogP contribution in [0.1, 0.15) is 10.4 Å². The maximum Gasteiger partial charge on any atom is 0.157 e. The van der Waals surface area contributed by atoms with Gasteiger partial charge in [-0.05, 0) is 0 Å². The molecule has 0 radical (unpaired) electrons. The van der Waals surface area contributed by atoms with Crippen molar-refractivity contribution in [2.75, 3.05) is 28.4 Å². The lowest BCUT2D eigenvalue weighted by molar-refractivity contribution is 0.111. The topological polar surface area (TPSA) is 79.8 Å². The van der Waals surface area contributed by atoms with Crippen LogP contribution in [0.4, 0.5) is 0 Å². The highest BCUT2D eigenvalue weighted by molar-refractivity contribution is 5.83. The van der Waals surface area contributed by atoms with Crippen molar-refractivity contribution in [3.8, 4) is 23.0 Å². The van der Waals surface area contributed by atoms with Crippen molar-refractivity contribution in [1.29, 1.82) is 0 Å². The van der Waals surface area contributed by atoms with Crippen molar-refractivity contribution < 1.29 is 23.7 Å². The molecule has 2 heterocycles. The number of hydrogen-bond acceptors (Lipinski definition) is 7. The van der Waals surface area contributed by atoms with Crippen LogP contribution in [0.25, 0.3) is 0 Å². The van der Waals surface area contributed by atoms with Gasteiger partial charge in [0, 0.05) is 6.07 Å². The first-order valence-electron chi connectivity index (χ1n) is 6.24. The van der Waals surface area contributed by atoms with Gasteiger partial charge in [-0.3, -0.25) is 14.8 Å². The van der Waals surface area contributed by atoms with E-state index in [4.69, 9.17) is 18.9 Å². The third-order valence-electron chi connectivity index (χ3n) is 2.63. The van der Waals surface area contributed by atoms with Crippen molar-refractivity contribution in [1.82, 2.24) is 9.97 Å². The molecule has 0 spiro atoms. The van der Waals surface area contributed by atoms with E-state index in [1.54, 1.807) is 32.7 Å². The molecule has 0 fully saturated rings. The molecule has 2 rings (SSSR count). The molecule has 0 aliphatic rings. The van der Waals surface area contributed by atoms with Crippen LogP contribution in [-0.2, 0) is 0 Å². The van der Waals surface area contributed by atoms with Gasteiger partial charge in [0.2, 0.25) is 0 Å². The Labute approximate surface area is 128 Å². The molecule has 0 amide bonds. The number of ether oxygens (including phenoxy) is 4. The van der Waals surface area contributed by atoms with Gasteiger partial charge in [-0.25, -0.2) is 0 Å². The minimum atomic E-state index is 0.384. The summed E-state index contributed by atoms with van der Waals surface area (Å²) in [5, 5.41) is 0. The van der Waals surface area contributed by atoms with Gasteiger partial charge >= 0.3 is 0 Å². The summed E-state index contributed by atoms with van der Waals surface area (Å²) in [5.74, 6) is 2.26. The summed E-state index contributed by atoms with van der Waals surface area (Å²) in [6, 6.07) is 1.77. The van der Waals surface area contributed by atoms with Crippen LogP contribution in [0.3, 0.4) is 0 Å². The quantitative estimate of drug-likeness (QED) is 0.782. The second-order valence-electron chi connectivity index (χ2n) is 3.84. The molecule has 0 saturated heterocycles. The average molecular weight is 306 g/mol. The van der Waals surface area contributed by atoms with E-state index >= 15 is 0 Å². The summed E-state index contributed by atoms with van der Waals surface area (Å²) in [4.78, 5) is 18.3. The summed E-state index contributed by atoms with van der Waals surface area (Å²) < 4.78 is 19.6. The van der Waals surface area contributed by atoms with E-state index in [2.05, 4.69) is 9.97 Å². The van der Waals surface area contributed by atoms with Gasteiger partial charge in [-0.1, -0.05) is 0 Å². The summed E-state index contributed by atoms with van der Waals surface area (Å²) in [6.45, 7) is 0. The van der Waals surface area contributed by atoms with Crippen LogP contribution in [0, 0.1) is 0 Å². The molecule has 0 bridgehead atoms.